The van der Waals surface area contributed by atoms with Gasteiger partial charge in [-0.25, -0.2) is 4.68 Å². The number of H-pyrrole nitrogens is 1. The average molecular weight is 306 g/mol. The Morgan fingerprint density at radius 2 is 1.52 bits per heavy atom. The van der Waals surface area contributed by atoms with E-state index in [0.29, 0.717) is 0 Å². The minimum atomic E-state index is -0.241. The quantitative estimate of drug-likeness (QED) is 0.747. The summed E-state index contributed by atoms with van der Waals surface area (Å²) < 4.78 is 1.64. The van der Waals surface area contributed by atoms with Gasteiger partial charge in [0.2, 0.25) is 0 Å². The van der Waals surface area contributed by atoms with E-state index in [1.165, 1.54) is 5.56 Å². The molecular weight excluding hydrogens is 284 g/mol. The van der Waals surface area contributed by atoms with Crippen LogP contribution in [0.5, 0.6) is 0 Å². The fourth-order valence-electron chi connectivity index (χ4n) is 2.82. The Kier molecular flexibility index (Phi) is 3.72. The standard InChI is InChI=1S/C20H22N2O/c1-14-10-12-16(13-11-14)22-19(23)17(20(2,3)4)18(21-22)15-8-6-5-7-9-15/h5-13,21H,1-4H3. The summed E-state index contributed by atoms with van der Waals surface area (Å²) in [7, 11) is 0. The predicted molar refractivity (Wildman–Crippen MR) is 95.3 cm³/mol. The van der Waals surface area contributed by atoms with Crippen molar-refractivity contribution < 1.29 is 0 Å². The van der Waals surface area contributed by atoms with Gasteiger partial charge in [-0.2, -0.15) is 0 Å². The third-order valence-corrected chi connectivity index (χ3v) is 4.00. The van der Waals surface area contributed by atoms with Gasteiger partial charge < -0.3 is 0 Å². The molecule has 3 heteroatoms. The lowest BCUT2D eigenvalue weighted by atomic mass is 9.85. The Morgan fingerprint density at radius 3 is 2.09 bits per heavy atom. The molecule has 1 N–H and O–H groups in total. The fraction of sp³-hybridized carbons (Fsp3) is 0.250. The molecule has 0 aliphatic rings. The van der Waals surface area contributed by atoms with Crippen LogP contribution in [-0.4, -0.2) is 9.78 Å². The zero-order valence-electron chi connectivity index (χ0n) is 14.1. The lowest BCUT2D eigenvalue weighted by Gasteiger charge is -2.17. The summed E-state index contributed by atoms with van der Waals surface area (Å²) in [6.45, 7) is 8.26. The van der Waals surface area contributed by atoms with Gasteiger partial charge in [0.25, 0.3) is 5.56 Å². The number of benzene rings is 2. The van der Waals surface area contributed by atoms with Crippen LogP contribution in [0.3, 0.4) is 0 Å². The number of hydrogen-bond donors (Lipinski definition) is 1. The molecule has 0 saturated carbocycles. The van der Waals surface area contributed by atoms with Gasteiger partial charge in [0.1, 0.15) is 0 Å². The van der Waals surface area contributed by atoms with Crippen LogP contribution in [0.25, 0.3) is 16.9 Å². The monoisotopic (exact) mass is 306 g/mol. The van der Waals surface area contributed by atoms with E-state index >= 15 is 0 Å². The first kappa shape index (κ1) is 15.3. The smallest absolute Gasteiger partial charge is 0.275 e. The van der Waals surface area contributed by atoms with Crippen LogP contribution in [0.2, 0.25) is 0 Å². The number of aromatic nitrogens is 2. The first-order valence-corrected chi connectivity index (χ1v) is 7.86. The van der Waals surface area contributed by atoms with Gasteiger partial charge in [-0.05, 0) is 30.0 Å². The molecule has 0 unspecified atom stereocenters. The van der Waals surface area contributed by atoms with Crippen molar-refractivity contribution >= 4 is 0 Å². The molecule has 0 bridgehead atoms. The van der Waals surface area contributed by atoms with Gasteiger partial charge in [0.05, 0.1) is 16.9 Å². The van der Waals surface area contributed by atoms with Gasteiger partial charge in [-0.3, -0.25) is 9.89 Å². The summed E-state index contributed by atoms with van der Waals surface area (Å²) >= 11 is 0. The Balaban J connectivity index is 2.27. The van der Waals surface area contributed by atoms with E-state index < -0.39 is 0 Å². The van der Waals surface area contributed by atoms with E-state index in [2.05, 4.69) is 25.9 Å². The maximum absolute atomic E-state index is 13.0. The number of hydrogen-bond acceptors (Lipinski definition) is 1. The molecule has 1 heterocycles. The normalized spacial score (nSPS) is 11.7. The molecule has 3 aromatic rings. The van der Waals surface area contributed by atoms with Crippen molar-refractivity contribution in [1.82, 2.24) is 9.78 Å². The second kappa shape index (κ2) is 5.58. The SMILES string of the molecule is Cc1ccc(-n2[nH]c(-c3ccccc3)c(C(C)(C)C)c2=O)cc1. The van der Waals surface area contributed by atoms with E-state index in [4.69, 9.17) is 0 Å². The highest BCUT2D eigenvalue weighted by Crippen LogP contribution is 2.29. The highest BCUT2D eigenvalue weighted by molar-refractivity contribution is 5.64. The van der Waals surface area contributed by atoms with Gasteiger partial charge in [0, 0.05) is 0 Å². The van der Waals surface area contributed by atoms with Crippen LogP contribution in [0.4, 0.5) is 0 Å². The number of rotatable bonds is 2. The maximum atomic E-state index is 13.0. The van der Waals surface area contributed by atoms with Crippen LogP contribution in [0.15, 0.2) is 59.4 Å². The van der Waals surface area contributed by atoms with Gasteiger partial charge in [0.15, 0.2) is 0 Å². The van der Waals surface area contributed by atoms with Crippen molar-refractivity contribution in [2.45, 2.75) is 33.1 Å². The van der Waals surface area contributed by atoms with Crippen LogP contribution < -0.4 is 5.56 Å². The van der Waals surface area contributed by atoms with Crippen LogP contribution >= 0.6 is 0 Å². The molecule has 2 aromatic carbocycles. The number of aryl methyl sites for hydroxylation is 1. The third-order valence-electron chi connectivity index (χ3n) is 4.00. The van der Waals surface area contributed by atoms with Gasteiger partial charge in [-0.15, -0.1) is 0 Å². The molecule has 0 spiro atoms. The highest BCUT2D eigenvalue weighted by atomic mass is 16.1. The Morgan fingerprint density at radius 1 is 0.913 bits per heavy atom. The largest absolute Gasteiger partial charge is 0.290 e. The lowest BCUT2D eigenvalue weighted by molar-refractivity contribution is 0.586. The topological polar surface area (TPSA) is 37.8 Å². The van der Waals surface area contributed by atoms with Crippen molar-refractivity contribution in [3.8, 4) is 16.9 Å². The van der Waals surface area contributed by atoms with Crippen molar-refractivity contribution in [1.29, 1.82) is 0 Å². The Hall–Kier alpha value is -2.55. The zero-order chi connectivity index (χ0) is 16.6. The minimum Gasteiger partial charge on any atom is -0.290 e. The highest BCUT2D eigenvalue weighted by Gasteiger charge is 2.26. The summed E-state index contributed by atoms with van der Waals surface area (Å²) in [5.74, 6) is 0. The van der Waals surface area contributed by atoms with Gasteiger partial charge in [-0.1, -0.05) is 68.8 Å². The molecule has 0 aliphatic carbocycles. The number of nitrogens with zero attached hydrogens (tertiary/aromatic N) is 1. The van der Waals surface area contributed by atoms with Crippen molar-refractivity contribution in [2.75, 3.05) is 0 Å². The molecule has 0 aliphatic heterocycles. The molecule has 23 heavy (non-hydrogen) atoms. The second-order valence-corrected chi connectivity index (χ2v) is 6.95. The third kappa shape index (κ3) is 2.87. The van der Waals surface area contributed by atoms with E-state index in [-0.39, 0.29) is 11.0 Å². The molecule has 3 rings (SSSR count). The summed E-state index contributed by atoms with van der Waals surface area (Å²) in [5.41, 5.74) is 4.53. The van der Waals surface area contributed by atoms with Crippen molar-refractivity contribution in [2.24, 2.45) is 0 Å². The summed E-state index contributed by atoms with van der Waals surface area (Å²) in [6, 6.07) is 18.0. The van der Waals surface area contributed by atoms with E-state index in [0.717, 1.165) is 22.5 Å². The first-order valence-electron chi connectivity index (χ1n) is 7.86. The summed E-state index contributed by atoms with van der Waals surface area (Å²) in [4.78, 5) is 13.0. The van der Waals surface area contributed by atoms with Crippen LogP contribution in [0.1, 0.15) is 31.9 Å². The number of nitrogens with one attached hydrogen (secondary N) is 1. The van der Waals surface area contributed by atoms with Crippen molar-refractivity contribution in [3.63, 3.8) is 0 Å². The Labute approximate surface area is 136 Å². The summed E-state index contributed by atoms with van der Waals surface area (Å²) in [6.07, 6.45) is 0. The van der Waals surface area contributed by atoms with E-state index in [9.17, 15) is 4.79 Å². The van der Waals surface area contributed by atoms with E-state index in [1.807, 2.05) is 61.5 Å². The lowest BCUT2D eigenvalue weighted by Crippen LogP contribution is -2.25. The minimum absolute atomic E-state index is 0.0141. The molecule has 0 radical (unpaired) electrons. The molecule has 0 saturated heterocycles. The molecular formula is C20H22N2O. The summed E-state index contributed by atoms with van der Waals surface area (Å²) in [5, 5.41) is 3.31. The van der Waals surface area contributed by atoms with Crippen LogP contribution in [-0.2, 0) is 5.41 Å². The zero-order valence-corrected chi connectivity index (χ0v) is 14.1. The van der Waals surface area contributed by atoms with Crippen molar-refractivity contribution in [3.05, 3.63) is 76.1 Å². The number of aromatic amines is 1. The maximum Gasteiger partial charge on any atom is 0.275 e. The van der Waals surface area contributed by atoms with Gasteiger partial charge >= 0.3 is 0 Å². The molecule has 1 aromatic heterocycles. The Bertz CT molecular complexity index is 863. The second-order valence-electron chi connectivity index (χ2n) is 6.95. The molecule has 0 fully saturated rings. The molecule has 0 amide bonds. The molecule has 0 atom stereocenters. The molecule has 118 valence electrons. The molecule has 3 nitrogen and oxygen atoms in total. The first-order chi connectivity index (χ1) is 10.9. The predicted octanol–water partition coefficient (Wildman–Crippen LogP) is 4.44. The van der Waals surface area contributed by atoms with Crippen LogP contribution in [0, 0.1) is 6.92 Å². The fourth-order valence-corrected chi connectivity index (χ4v) is 2.82. The van der Waals surface area contributed by atoms with E-state index in [1.54, 1.807) is 4.68 Å². The average Bonchev–Trinajstić information content (AvgIpc) is 2.86.